The van der Waals surface area contributed by atoms with E-state index in [0.717, 1.165) is 25.1 Å². The molecule has 0 bridgehead atoms. The van der Waals surface area contributed by atoms with Gasteiger partial charge in [0.2, 0.25) is 5.91 Å². The van der Waals surface area contributed by atoms with Gasteiger partial charge in [-0.2, -0.15) is 0 Å². The van der Waals surface area contributed by atoms with Gasteiger partial charge in [-0.15, -0.1) is 0 Å². The molecule has 1 aliphatic heterocycles. The standard InChI is InChI=1S/C15H19ClN2O2/c1-20-14-3-2-13(16)8-12(14)9-15(19)18-10-11-4-6-17-7-5-11/h2-4,8,17H,5-7,9-10H2,1H3,(H,18,19). The van der Waals surface area contributed by atoms with Gasteiger partial charge in [-0.1, -0.05) is 23.3 Å². The molecule has 108 valence electrons. The highest BCUT2D eigenvalue weighted by molar-refractivity contribution is 6.30. The van der Waals surface area contributed by atoms with Crippen LogP contribution in [0.4, 0.5) is 0 Å². The second kappa shape index (κ2) is 7.31. The smallest absolute Gasteiger partial charge is 0.224 e. The second-order valence-corrected chi connectivity index (χ2v) is 5.16. The summed E-state index contributed by atoms with van der Waals surface area (Å²) >= 11 is 5.95. The molecule has 20 heavy (non-hydrogen) atoms. The van der Waals surface area contributed by atoms with Crippen LogP contribution in [0.2, 0.25) is 5.02 Å². The molecule has 1 aromatic rings. The first-order valence-electron chi connectivity index (χ1n) is 6.67. The number of hydrogen-bond acceptors (Lipinski definition) is 3. The number of hydrogen-bond donors (Lipinski definition) is 2. The van der Waals surface area contributed by atoms with E-state index in [1.807, 2.05) is 0 Å². The molecule has 1 aromatic carbocycles. The molecule has 0 aromatic heterocycles. The van der Waals surface area contributed by atoms with Crippen LogP contribution < -0.4 is 15.4 Å². The van der Waals surface area contributed by atoms with E-state index in [0.29, 0.717) is 17.3 Å². The molecule has 2 rings (SSSR count). The molecule has 1 amide bonds. The average Bonchev–Trinajstić information content (AvgIpc) is 2.46. The fourth-order valence-corrected chi connectivity index (χ4v) is 2.36. The molecule has 0 saturated carbocycles. The van der Waals surface area contributed by atoms with Crippen molar-refractivity contribution in [2.45, 2.75) is 12.8 Å². The Morgan fingerprint density at radius 2 is 2.35 bits per heavy atom. The summed E-state index contributed by atoms with van der Waals surface area (Å²) < 4.78 is 5.24. The molecular weight excluding hydrogens is 276 g/mol. The normalized spacial score (nSPS) is 14.6. The summed E-state index contributed by atoms with van der Waals surface area (Å²) in [6.07, 6.45) is 3.39. The third-order valence-corrected chi connectivity index (χ3v) is 3.50. The van der Waals surface area contributed by atoms with Gasteiger partial charge in [0.25, 0.3) is 0 Å². The number of nitrogens with one attached hydrogen (secondary N) is 2. The molecule has 0 radical (unpaired) electrons. The first-order chi connectivity index (χ1) is 9.69. The lowest BCUT2D eigenvalue weighted by molar-refractivity contribution is -0.120. The van der Waals surface area contributed by atoms with E-state index in [1.54, 1.807) is 25.3 Å². The number of ether oxygens (including phenoxy) is 1. The summed E-state index contributed by atoms with van der Waals surface area (Å²) in [6.45, 7) is 2.47. The lowest BCUT2D eigenvalue weighted by Crippen LogP contribution is -2.30. The highest BCUT2D eigenvalue weighted by Gasteiger charge is 2.10. The summed E-state index contributed by atoms with van der Waals surface area (Å²) in [7, 11) is 1.59. The Hall–Kier alpha value is -1.52. The number of halogens is 1. The van der Waals surface area contributed by atoms with E-state index in [1.165, 1.54) is 5.57 Å². The van der Waals surface area contributed by atoms with Crippen molar-refractivity contribution in [1.82, 2.24) is 10.6 Å². The molecule has 5 heteroatoms. The Morgan fingerprint density at radius 1 is 1.50 bits per heavy atom. The van der Waals surface area contributed by atoms with Crippen LogP contribution in [-0.4, -0.2) is 32.7 Å². The summed E-state index contributed by atoms with van der Waals surface area (Å²) in [5, 5.41) is 6.79. The van der Waals surface area contributed by atoms with Crippen LogP contribution in [0.3, 0.4) is 0 Å². The van der Waals surface area contributed by atoms with Crippen LogP contribution in [-0.2, 0) is 11.2 Å². The van der Waals surface area contributed by atoms with Crippen LogP contribution in [0.15, 0.2) is 29.8 Å². The molecule has 0 spiro atoms. The third-order valence-electron chi connectivity index (χ3n) is 3.26. The lowest BCUT2D eigenvalue weighted by atomic mass is 10.1. The third kappa shape index (κ3) is 4.25. The lowest BCUT2D eigenvalue weighted by Gasteiger charge is -2.15. The molecule has 4 nitrogen and oxygen atoms in total. The summed E-state index contributed by atoms with van der Waals surface area (Å²) in [5.74, 6) is 0.663. The van der Waals surface area contributed by atoms with Gasteiger partial charge in [-0.25, -0.2) is 0 Å². The highest BCUT2D eigenvalue weighted by Crippen LogP contribution is 2.23. The van der Waals surface area contributed by atoms with Crippen molar-refractivity contribution in [2.75, 3.05) is 26.7 Å². The maximum Gasteiger partial charge on any atom is 0.224 e. The molecule has 0 saturated heterocycles. The van der Waals surface area contributed by atoms with Gasteiger partial charge >= 0.3 is 0 Å². The Balaban J connectivity index is 1.90. The summed E-state index contributed by atoms with van der Waals surface area (Å²) in [5.41, 5.74) is 2.08. The van der Waals surface area contributed by atoms with E-state index in [9.17, 15) is 4.79 Å². The minimum atomic E-state index is -0.0231. The first kappa shape index (κ1) is 14.9. The Morgan fingerprint density at radius 3 is 3.05 bits per heavy atom. The second-order valence-electron chi connectivity index (χ2n) is 4.73. The SMILES string of the molecule is COc1ccc(Cl)cc1CC(=O)NCC1=CCNCC1. The monoisotopic (exact) mass is 294 g/mol. The molecule has 2 N–H and O–H groups in total. The molecule has 0 aliphatic carbocycles. The van der Waals surface area contributed by atoms with E-state index in [4.69, 9.17) is 16.3 Å². The van der Waals surface area contributed by atoms with Crippen molar-refractivity contribution in [1.29, 1.82) is 0 Å². The number of amides is 1. The van der Waals surface area contributed by atoms with Crippen molar-refractivity contribution in [3.8, 4) is 5.75 Å². The number of carbonyl (C=O) groups excluding carboxylic acids is 1. The average molecular weight is 295 g/mol. The summed E-state index contributed by atoms with van der Waals surface area (Å²) in [4.78, 5) is 12.0. The minimum absolute atomic E-state index is 0.0231. The predicted octanol–water partition coefficient (Wildman–Crippen LogP) is 1.93. The zero-order valence-corrected chi connectivity index (χ0v) is 12.3. The Labute approximate surface area is 124 Å². The van der Waals surface area contributed by atoms with Gasteiger partial charge in [0.1, 0.15) is 5.75 Å². The fraction of sp³-hybridized carbons (Fsp3) is 0.400. The van der Waals surface area contributed by atoms with E-state index in [2.05, 4.69) is 16.7 Å². The van der Waals surface area contributed by atoms with Gasteiger partial charge < -0.3 is 15.4 Å². The van der Waals surface area contributed by atoms with Crippen LogP contribution in [0.1, 0.15) is 12.0 Å². The fourth-order valence-electron chi connectivity index (χ4n) is 2.16. The van der Waals surface area contributed by atoms with Gasteiger partial charge in [-0.05, 0) is 31.2 Å². The van der Waals surface area contributed by atoms with Crippen LogP contribution >= 0.6 is 11.6 Å². The zero-order valence-electron chi connectivity index (χ0n) is 11.5. The van der Waals surface area contributed by atoms with Gasteiger partial charge in [0, 0.05) is 23.7 Å². The zero-order chi connectivity index (χ0) is 14.4. The van der Waals surface area contributed by atoms with Crippen molar-refractivity contribution >= 4 is 17.5 Å². The molecule has 0 atom stereocenters. The largest absolute Gasteiger partial charge is 0.496 e. The maximum atomic E-state index is 12.0. The van der Waals surface area contributed by atoms with Crippen LogP contribution in [0.25, 0.3) is 0 Å². The maximum absolute atomic E-state index is 12.0. The van der Waals surface area contributed by atoms with Crippen molar-refractivity contribution in [3.63, 3.8) is 0 Å². The minimum Gasteiger partial charge on any atom is -0.496 e. The van der Waals surface area contributed by atoms with Crippen molar-refractivity contribution in [2.24, 2.45) is 0 Å². The van der Waals surface area contributed by atoms with Gasteiger partial charge in [-0.3, -0.25) is 4.79 Å². The number of carbonyl (C=O) groups is 1. The van der Waals surface area contributed by atoms with E-state index in [-0.39, 0.29) is 12.3 Å². The van der Waals surface area contributed by atoms with E-state index < -0.39 is 0 Å². The van der Waals surface area contributed by atoms with Crippen LogP contribution in [0, 0.1) is 0 Å². The van der Waals surface area contributed by atoms with Crippen molar-refractivity contribution in [3.05, 3.63) is 40.4 Å². The highest BCUT2D eigenvalue weighted by atomic mass is 35.5. The van der Waals surface area contributed by atoms with Gasteiger partial charge in [0.05, 0.1) is 13.5 Å². The first-order valence-corrected chi connectivity index (χ1v) is 7.04. The molecule has 0 unspecified atom stereocenters. The number of benzene rings is 1. The predicted molar refractivity (Wildman–Crippen MR) is 80.3 cm³/mol. The summed E-state index contributed by atoms with van der Waals surface area (Å²) in [6, 6.07) is 5.30. The quantitative estimate of drug-likeness (QED) is 0.816. The molecule has 1 heterocycles. The van der Waals surface area contributed by atoms with E-state index >= 15 is 0 Å². The molecule has 1 aliphatic rings. The Bertz CT molecular complexity index is 515. The van der Waals surface area contributed by atoms with Gasteiger partial charge in [0.15, 0.2) is 0 Å². The molecular formula is C15H19ClN2O2. The Kier molecular flexibility index (Phi) is 5.44. The van der Waals surface area contributed by atoms with Crippen molar-refractivity contribution < 1.29 is 9.53 Å². The topological polar surface area (TPSA) is 50.4 Å². The van der Waals surface area contributed by atoms with Crippen LogP contribution in [0.5, 0.6) is 5.75 Å². The number of rotatable bonds is 5. The number of methoxy groups -OCH3 is 1. The molecule has 0 fully saturated rings.